The van der Waals surface area contributed by atoms with E-state index in [4.69, 9.17) is 11.6 Å². The molecule has 3 aromatic rings. The van der Waals surface area contributed by atoms with Crippen LogP contribution in [0.2, 0.25) is 5.02 Å². The van der Waals surface area contributed by atoms with Crippen molar-refractivity contribution < 1.29 is 8.42 Å². The van der Waals surface area contributed by atoms with Crippen LogP contribution < -0.4 is 10.6 Å². The van der Waals surface area contributed by atoms with Gasteiger partial charge in [0.25, 0.3) is 0 Å². The van der Waals surface area contributed by atoms with Crippen molar-refractivity contribution in [3.05, 3.63) is 76.6 Å². The van der Waals surface area contributed by atoms with Crippen molar-refractivity contribution in [2.24, 2.45) is 4.99 Å². The number of benzene rings is 2. The molecule has 0 saturated carbocycles. The Balaban J connectivity index is 1.57. The number of hydrogen-bond acceptors (Lipinski definition) is 4. The zero-order chi connectivity index (χ0) is 21.7. The van der Waals surface area contributed by atoms with E-state index in [-0.39, 0.29) is 0 Å². The molecule has 3 rings (SSSR count). The van der Waals surface area contributed by atoms with Gasteiger partial charge in [0.15, 0.2) is 15.8 Å². The minimum absolute atomic E-state index is 0.353. The Bertz CT molecular complexity index is 1150. The molecule has 2 aromatic carbocycles. The van der Waals surface area contributed by atoms with Crippen molar-refractivity contribution in [2.45, 2.75) is 24.9 Å². The van der Waals surface area contributed by atoms with Crippen LogP contribution in [0.25, 0.3) is 5.69 Å². The zero-order valence-corrected chi connectivity index (χ0v) is 18.6. The molecule has 1 aromatic heterocycles. The van der Waals surface area contributed by atoms with E-state index in [1.54, 1.807) is 37.0 Å². The fraction of sp³-hybridized carbons (Fsp3) is 0.238. The maximum absolute atomic E-state index is 11.7. The molecule has 0 unspecified atom stereocenters. The zero-order valence-electron chi connectivity index (χ0n) is 17.1. The molecule has 7 nitrogen and oxygen atoms in total. The van der Waals surface area contributed by atoms with Crippen LogP contribution in [0.3, 0.4) is 0 Å². The van der Waals surface area contributed by atoms with E-state index in [1.165, 1.54) is 6.26 Å². The summed E-state index contributed by atoms with van der Waals surface area (Å²) < 4.78 is 25.3. The Morgan fingerprint density at radius 1 is 1.10 bits per heavy atom. The van der Waals surface area contributed by atoms with Crippen LogP contribution in [0.5, 0.6) is 0 Å². The Hall–Kier alpha value is -2.84. The number of guanidine groups is 1. The number of nitrogens with zero attached hydrogens (tertiary/aromatic N) is 3. The number of aliphatic imine (C=N–C) groups is 1. The second-order valence-electron chi connectivity index (χ2n) is 6.92. The number of sulfone groups is 1. The molecule has 0 saturated heterocycles. The van der Waals surface area contributed by atoms with Gasteiger partial charge in [-0.3, -0.25) is 4.99 Å². The molecular formula is C21H24ClN5O2S. The highest BCUT2D eigenvalue weighted by Crippen LogP contribution is 2.16. The minimum atomic E-state index is -3.22. The third-order valence-electron chi connectivity index (χ3n) is 4.51. The van der Waals surface area contributed by atoms with Crippen LogP contribution in [0.1, 0.15) is 16.7 Å². The molecule has 0 aliphatic heterocycles. The first-order chi connectivity index (χ1) is 14.3. The molecule has 158 valence electrons. The lowest BCUT2D eigenvalue weighted by atomic mass is 10.1. The summed E-state index contributed by atoms with van der Waals surface area (Å²) in [6.45, 7) is 2.87. The van der Waals surface area contributed by atoms with Crippen LogP contribution in [0.15, 0.2) is 64.7 Å². The Morgan fingerprint density at radius 2 is 1.77 bits per heavy atom. The second kappa shape index (κ2) is 9.32. The largest absolute Gasteiger partial charge is 0.352 e. The van der Waals surface area contributed by atoms with Crippen molar-refractivity contribution in [3.8, 4) is 5.69 Å². The van der Waals surface area contributed by atoms with Gasteiger partial charge in [-0.05, 0) is 48.4 Å². The highest BCUT2D eigenvalue weighted by molar-refractivity contribution is 7.90. The summed E-state index contributed by atoms with van der Waals surface area (Å²) in [6.07, 6.45) is 4.95. The van der Waals surface area contributed by atoms with Crippen LogP contribution >= 0.6 is 11.6 Å². The number of halogens is 1. The van der Waals surface area contributed by atoms with Gasteiger partial charge < -0.3 is 10.6 Å². The fourth-order valence-corrected chi connectivity index (χ4v) is 4.10. The number of aromatic nitrogens is 2. The molecule has 0 radical (unpaired) electrons. The Labute approximate surface area is 181 Å². The normalized spacial score (nSPS) is 12.1. The minimum Gasteiger partial charge on any atom is -0.352 e. The van der Waals surface area contributed by atoms with Gasteiger partial charge in [0.1, 0.15) is 0 Å². The molecule has 0 aliphatic rings. The van der Waals surface area contributed by atoms with Gasteiger partial charge in [0.05, 0.1) is 16.8 Å². The highest BCUT2D eigenvalue weighted by atomic mass is 35.5. The molecule has 0 spiro atoms. The summed E-state index contributed by atoms with van der Waals surface area (Å²) in [5.74, 6) is 0.638. The predicted molar refractivity (Wildman–Crippen MR) is 120 cm³/mol. The SMILES string of the molecule is CN=C(NCc1ccc(S(C)(=O)=O)c(C)c1)NCc1cnn(-c2ccc(Cl)cc2)c1. The van der Waals surface area contributed by atoms with E-state index in [0.29, 0.717) is 29.0 Å². The predicted octanol–water partition coefficient (Wildman–Crippen LogP) is 3.10. The molecule has 0 amide bonds. The first kappa shape index (κ1) is 21.9. The standard InChI is InChI=1S/C21H24ClN5O2S/c1-15-10-16(4-9-20(15)30(3,28)29)11-24-21(23-2)25-12-17-13-26-27(14-17)19-7-5-18(22)6-8-19/h4-10,13-14H,11-12H2,1-3H3,(H2,23,24,25). The lowest BCUT2D eigenvalue weighted by Crippen LogP contribution is -2.36. The molecule has 30 heavy (non-hydrogen) atoms. The molecule has 0 atom stereocenters. The Kier molecular flexibility index (Phi) is 6.79. The van der Waals surface area contributed by atoms with Crippen LogP contribution in [0, 0.1) is 6.92 Å². The van der Waals surface area contributed by atoms with Crippen molar-refractivity contribution in [3.63, 3.8) is 0 Å². The first-order valence-corrected chi connectivity index (χ1v) is 11.6. The number of aryl methyl sites for hydroxylation is 1. The number of rotatable bonds is 6. The van der Waals surface area contributed by atoms with E-state index < -0.39 is 9.84 Å². The number of nitrogens with one attached hydrogen (secondary N) is 2. The summed E-state index contributed by atoms with van der Waals surface area (Å²) in [5, 5.41) is 11.5. The molecule has 1 heterocycles. The van der Waals surface area contributed by atoms with Crippen LogP contribution in [-0.2, 0) is 22.9 Å². The van der Waals surface area contributed by atoms with Gasteiger partial charge in [-0.2, -0.15) is 5.10 Å². The smallest absolute Gasteiger partial charge is 0.191 e. The maximum Gasteiger partial charge on any atom is 0.191 e. The lowest BCUT2D eigenvalue weighted by molar-refractivity contribution is 0.601. The van der Waals surface area contributed by atoms with Crippen LogP contribution in [-0.4, -0.2) is 37.5 Å². The first-order valence-electron chi connectivity index (χ1n) is 9.30. The highest BCUT2D eigenvalue weighted by Gasteiger charge is 2.11. The molecule has 9 heteroatoms. The van der Waals surface area contributed by atoms with Gasteiger partial charge in [-0.25, -0.2) is 13.1 Å². The topological polar surface area (TPSA) is 88.4 Å². The maximum atomic E-state index is 11.7. The van der Waals surface area contributed by atoms with Gasteiger partial charge in [0, 0.05) is 43.2 Å². The second-order valence-corrected chi connectivity index (χ2v) is 9.34. The average Bonchev–Trinajstić information content (AvgIpc) is 3.17. The van der Waals surface area contributed by atoms with E-state index in [2.05, 4.69) is 20.7 Å². The van der Waals surface area contributed by atoms with E-state index in [1.807, 2.05) is 36.5 Å². The van der Waals surface area contributed by atoms with Crippen molar-refractivity contribution >= 4 is 27.4 Å². The monoisotopic (exact) mass is 445 g/mol. The molecule has 0 fully saturated rings. The van der Waals surface area contributed by atoms with E-state index >= 15 is 0 Å². The number of hydrogen-bond donors (Lipinski definition) is 2. The average molecular weight is 446 g/mol. The summed E-state index contributed by atoms with van der Waals surface area (Å²) in [7, 11) is -1.52. The molecule has 0 aliphatic carbocycles. The van der Waals surface area contributed by atoms with Gasteiger partial charge in [-0.15, -0.1) is 0 Å². The molecular weight excluding hydrogens is 422 g/mol. The van der Waals surface area contributed by atoms with E-state index in [0.717, 1.165) is 22.4 Å². The molecule has 0 bridgehead atoms. The quantitative estimate of drug-likeness (QED) is 0.449. The van der Waals surface area contributed by atoms with E-state index in [9.17, 15) is 8.42 Å². The lowest BCUT2D eigenvalue weighted by Gasteiger charge is -2.12. The van der Waals surface area contributed by atoms with Crippen molar-refractivity contribution in [1.82, 2.24) is 20.4 Å². The summed E-state index contributed by atoms with van der Waals surface area (Å²) in [6, 6.07) is 12.8. The third-order valence-corrected chi connectivity index (χ3v) is 6.02. The fourth-order valence-electron chi connectivity index (χ4n) is 3.02. The Morgan fingerprint density at radius 3 is 2.37 bits per heavy atom. The van der Waals surface area contributed by atoms with Crippen molar-refractivity contribution in [1.29, 1.82) is 0 Å². The van der Waals surface area contributed by atoms with Crippen molar-refractivity contribution in [2.75, 3.05) is 13.3 Å². The summed E-state index contributed by atoms with van der Waals surface area (Å²) in [5.41, 5.74) is 3.63. The summed E-state index contributed by atoms with van der Waals surface area (Å²) >= 11 is 5.93. The summed E-state index contributed by atoms with van der Waals surface area (Å²) in [4.78, 5) is 4.58. The molecule has 2 N–H and O–H groups in total. The van der Waals surface area contributed by atoms with Crippen LogP contribution in [0.4, 0.5) is 0 Å². The third kappa shape index (κ3) is 5.61. The van der Waals surface area contributed by atoms with Gasteiger partial charge in [-0.1, -0.05) is 23.7 Å². The van der Waals surface area contributed by atoms with Gasteiger partial charge in [0.2, 0.25) is 0 Å². The van der Waals surface area contributed by atoms with Gasteiger partial charge >= 0.3 is 0 Å².